The molecule has 1 aliphatic rings. The number of carbonyl (C=O) groups excluding carboxylic acids is 1. The number of para-hydroxylation sites is 1. The van der Waals surface area contributed by atoms with Crippen molar-refractivity contribution in [3.63, 3.8) is 0 Å². The Balaban J connectivity index is 1.50. The van der Waals surface area contributed by atoms with Crippen molar-refractivity contribution in [2.24, 2.45) is 0 Å². The highest BCUT2D eigenvalue weighted by molar-refractivity contribution is 6.30. The first-order valence-corrected chi connectivity index (χ1v) is 11.3. The van der Waals surface area contributed by atoms with Gasteiger partial charge in [0.25, 0.3) is 5.91 Å². The minimum atomic E-state index is 0.0224. The molecule has 0 saturated carbocycles. The van der Waals surface area contributed by atoms with Crippen LogP contribution < -0.4 is 4.90 Å². The van der Waals surface area contributed by atoms with E-state index < -0.39 is 0 Å². The predicted octanol–water partition coefficient (Wildman–Crippen LogP) is 4.41. The van der Waals surface area contributed by atoms with E-state index in [1.807, 2.05) is 29.2 Å². The molecule has 2 aromatic heterocycles. The van der Waals surface area contributed by atoms with Crippen molar-refractivity contribution in [1.29, 1.82) is 0 Å². The highest BCUT2D eigenvalue weighted by Gasteiger charge is 2.31. The third kappa shape index (κ3) is 3.46. The van der Waals surface area contributed by atoms with Gasteiger partial charge >= 0.3 is 0 Å². The maximum Gasteiger partial charge on any atom is 0.254 e. The highest BCUT2D eigenvalue weighted by Crippen LogP contribution is 2.28. The Morgan fingerprint density at radius 1 is 1.06 bits per heavy atom. The molecule has 7 nitrogen and oxygen atoms in total. The molecule has 5 rings (SSSR count). The van der Waals surface area contributed by atoms with Crippen LogP contribution in [0.4, 0.5) is 5.95 Å². The highest BCUT2D eigenvalue weighted by atomic mass is 35.5. The van der Waals surface area contributed by atoms with Gasteiger partial charge in [0.05, 0.1) is 5.52 Å². The molecule has 3 heterocycles. The van der Waals surface area contributed by atoms with E-state index in [9.17, 15) is 4.79 Å². The molecule has 0 N–H and O–H groups in total. The summed E-state index contributed by atoms with van der Waals surface area (Å²) in [5.74, 6) is 1.95. The van der Waals surface area contributed by atoms with E-state index >= 15 is 0 Å². The SMILES string of the molecule is CC(C)c1nnc2c3ccccc3nc(N3CCN(C(=O)c4ccc(Cl)cc4)[C@H](C)C3)n12. The molecule has 1 atom stereocenters. The van der Waals surface area contributed by atoms with Crippen LogP contribution in [0, 0.1) is 0 Å². The van der Waals surface area contributed by atoms with Gasteiger partial charge < -0.3 is 9.80 Å². The molecule has 164 valence electrons. The van der Waals surface area contributed by atoms with Crippen molar-refractivity contribution in [1.82, 2.24) is 24.5 Å². The molecular weight excluding hydrogens is 424 g/mol. The first-order chi connectivity index (χ1) is 15.4. The Morgan fingerprint density at radius 3 is 2.53 bits per heavy atom. The second-order valence-electron chi connectivity index (χ2n) is 8.60. The molecule has 1 amide bonds. The molecule has 0 unspecified atom stereocenters. The smallest absolute Gasteiger partial charge is 0.254 e. The normalized spacial score (nSPS) is 17.0. The Hall–Kier alpha value is -3.19. The third-order valence-corrected chi connectivity index (χ3v) is 6.28. The van der Waals surface area contributed by atoms with E-state index in [2.05, 4.69) is 40.3 Å². The lowest BCUT2D eigenvalue weighted by Crippen LogP contribution is -2.54. The van der Waals surface area contributed by atoms with E-state index in [0.29, 0.717) is 30.2 Å². The Morgan fingerprint density at radius 2 is 1.81 bits per heavy atom. The molecule has 1 aliphatic heterocycles. The Labute approximate surface area is 191 Å². The fourth-order valence-electron chi connectivity index (χ4n) is 4.37. The molecule has 0 radical (unpaired) electrons. The summed E-state index contributed by atoms with van der Waals surface area (Å²) < 4.78 is 2.08. The van der Waals surface area contributed by atoms with Crippen LogP contribution in [0.3, 0.4) is 0 Å². The van der Waals surface area contributed by atoms with Crippen molar-refractivity contribution in [2.75, 3.05) is 24.5 Å². The quantitative estimate of drug-likeness (QED) is 0.464. The van der Waals surface area contributed by atoms with Gasteiger partial charge in [0.15, 0.2) is 5.65 Å². The van der Waals surface area contributed by atoms with Crippen molar-refractivity contribution < 1.29 is 4.79 Å². The Kier molecular flexibility index (Phi) is 5.21. The van der Waals surface area contributed by atoms with Crippen LogP contribution >= 0.6 is 11.6 Å². The van der Waals surface area contributed by atoms with Crippen molar-refractivity contribution in [3.8, 4) is 0 Å². The standard InChI is InChI=1S/C24H25ClN6O/c1-15(2)21-27-28-22-19-6-4-5-7-20(19)26-24(31(21)22)29-12-13-30(16(3)14-29)23(32)17-8-10-18(25)11-9-17/h4-11,15-16H,12-14H2,1-3H3/t16-/m1/s1. The zero-order valence-corrected chi connectivity index (χ0v) is 19.1. The Bertz CT molecular complexity index is 1300. The van der Waals surface area contributed by atoms with Gasteiger partial charge in [-0.1, -0.05) is 37.6 Å². The van der Waals surface area contributed by atoms with Gasteiger partial charge in [0.2, 0.25) is 5.95 Å². The predicted molar refractivity (Wildman–Crippen MR) is 127 cm³/mol. The van der Waals surface area contributed by atoms with Crippen LogP contribution in [0.1, 0.15) is 42.9 Å². The monoisotopic (exact) mass is 448 g/mol. The second-order valence-corrected chi connectivity index (χ2v) is 9.04. The number of aromatic nitrogens is 4. The van der Waals surface area contributed by atoms with Crippen LogP contribution in [0.25, 0.3) is 16.6 Å². The number of rotatable bonds is 3. The average Bonchev–Trinajstić information content (AvgIpc) is 3.24. The van der Waals surface area contributed by atoms with E-state index in [-0.39, 0.29) is 17.9 Å². The molecule has 0 aliphatic carbocycles. The van der Waals surface area contributed by atoms with Crippen LogP contribution in [0.15, 0.2) is 48.5 Å². The molecule has 32 heavy (non-hydrogen) atoms. The molecule has 1 fully saturated rings. The van der Waals surface area contributed by atoms with Gasteiger partial charge in [0.1, 0.15) is 5.82 Å². The number of hydrogen-bond donors (Lipinski definition) is 0. The fraction of sp³-hybridized carbons (Fsp3) is 0.333. The molecule has 8 heteroatoms. The zero-order valence-electron chi connectivity index (χ0n) is 18.4. The van der Waals surface area contributed by atoms with Crippen LogP contribution in [0.5, 0.6) is 0 Å². The van der Waals surface area contributed by atoms with Gasteiger partial charge in [-0.3, -0.25) is 4.79 Å². The van der Waals surface area contributed by atoms with E-state index in [0.717, 1.165) is 28.3 Å². The van der Waals surface area contributed by atoms with Gasteiger partial charge in [-0.05, 0) is 43.3 Å². The first-order valence-electron chi connectivity index (χ1n) is 10.9. The molecule has 4 aromatic rings. The number of fused-ring (bicyclic) bond motifs is 3. The number of carbonyl (C=O) groups is 1. The topological polar surface area (TPSA) is 66.6 Å². The molecule has 0 bridgehead atoms. The third-order valence-electron chi connectivity index (χ3n) is 6.03. The maximum atomic E-state index is 13.1. The molecule has 0 spiro atoms. The number of nitrogens with zero attached hydrogens (tertiary/aromatic N) is 6. The largest absolute Gasteiger partial charge is 0.338 e. The van der Waals surface area contributed by atoms with Crippen molar-refractivity contribution >= 4 is 40.0 Å². The summed E-state index contributed by atoms with van der Waals surface area (Å²) >= 11 is 5.98. The van der Waals surface area contributed by atoms with Crippen LogP contribution in [0.2, 0.25) is 5.02 Å². The summed E-state index contributed by atoms with van der Waals surface area (Å²) in [6, 6.07) is 15.1. The van der Waals surface area contributed by atoms with Gasteiger partial charge in [-0.15, -0.1) is 10.2 Å². The lowest BCUT2D eigenvalue weighted by Gasteiger charge is -2.40. The number of benzene rings is 2. The summed E-state index contributed by atoms with van der Waals surface area (Å²) in [5.41, 5.74) is 2.37. The van der Waals surface area contributed by atoms with Crippen molar-refractivity contribution in [2.45, 2.75) is 32.7 Å². The van der Waals surface area contributed by atoms with Gasteiger partial charge in [0, 0.05) is 47.6 Å². The molecule has 1 saturated heterocycles. The zero-order chi connectivity index (χ0) is 22.4. The van der Waals surface area contributed by atoms with Crippen LogP contribution in [-0.2, 0) is 0 Å². The summed E-state index contributed by atoms with van der Waals surface area (Å²) in [6.45, 7) is 8.27. The van der Waals surface area contributed by atoms with Gasteiger partial charge in [-0.25, -0.2) is 9.38 Å². The lowest BCUT2D eigenvalue weighted by molar-refractivity contribution is 0.0673. The van der Waals surface area contributed by atoms with Crippen LogP contribution in [-0.4, -0.2) is 56.1 Å². The van der Waals surface area contributed by atoms with E-state index in [1.165, 1.54) is 0 Å². The maximum absolute atomic E-state index is 13.1. The minimum absolute atomic E-state index is 0.0224. The summed E-state index contributed by atoms with van der Waals surface area (Å²) in [5, 5.41) is 10.6. The number of hydrogen-bond acceptors (Lipinski definition) is 5. The fourth-order valence-corrected chi connectivity index (χ4v) is 4.50. The minimum Gasteiger partial charge on any atom is -0.338 e. The number of halogens is 1. The number of anilines is 1. The number of piperazine rings is 1. The van der Waals surface area contributed by atoms with E-state index in [4.69, 9.17) is 16.6 Å². The van der Waals surface area contributed by atoms with Gasteiger partial charge in [-0.2, -0.15) is 0 Å². The molecule has 2 aromatic carbocycles. The second kappa shape index (κ2) is 8.06. The lowest BCUT2D eigenvalue weighted by atomic mass is 10.1. The summed E-state index contributed by atoms with van der Waals surface area (Å²) in [7, 11) is 0. The molecular formula is C24H25ClN6O. The summed E-state index contributed by atoms with van der Waals surface area (Å²) in [6.07, 6.45) is 0. The number of amides is 1. The van der Waals surface area contributed by atoms with Crippen molar-refractivity contribution in [3.05, 3.63) is 64.9 Å². The summed E-state index contributed by atoms with van der Waals surface area (Å²) in [4.78, 5) is 22.2. The average molecular weight is 449 g/mol. The first kappa shape index (κ1) is 20.7. The van der Waals surface area contributed by atoms with E-state index in [1.54, 1.807) is 24.3 Å².